The summed E-state index contributed by atoms with van der Waals surface area (Å²) in [7, 11) is 3.18. The third-order valence-electron chi connectivity index (χ3n) is 2.80. The van der Waals surface area contributed by atoms with Gasteiger partial charge in [-0.05, 0) is 19.1 Å². The highest BCUT2D eigenvalue weighted by molar-refractivity contribution is 5.78. The van der Waals surface area contributed by atoms with Gasteiger partial charge in [0.1, 0.15) is 11.5 Å². The van der Waals surface area contributed by atoms with Crippen molar-refractivity contribution in [1.29, 1.82) is 0 Å². The molecule has 0 saturated carbocycles. The fourth-order valence-electron chi connectivity index (χ4n) is 1.79. The van der Waals surface area contributed by atoms with Crippen LogP contribution in [-0.2, 0) is 4.79 Å². The lowest BCUT2D eigenvalue weighted by molar-refractivity contribution is -0.120. The molecule has 108 valence electrons. The molecule has 0 aliphatic carbocycles. The zero-order valence-electron chi connectivity index (χ0n) is 12.0. The van der Waals surface area contributed by atoms with Crippen molar-refractivity contribution in [3.63, 3.8) is 0 Å². The van der Waals surface area contributed by atoms with Crippen molar-refractivity contribution in [3.05, 3.63) is 23.8 Å². The van der Waals surface area contributed by atoms with Crippen LogP contribution in [0.1, 0.15) is 18.5 Å². The highest BCUT2D eigenvalue weighted by Crippen LogP contribution is 2.29. The number of hydrogen-bond acceptors (Lipinski definition) is 4. The van der Waals surface area contributed by atoms with E-state index in [1.807, 2.05) is 19.1 Å². The maximum absolute atomic E-state index is 11.7. The van der Waals surface area contributed by atoms with E-state index in [0.29, 0.717) is 18.0 Å². The van der Waals surface area contributed by atoms with Crippen LogP contribution < -0.4 is 20.1 Å². The lowest BCUT2D eigenvalue weighted by Crippen LogP contribution is -2.35. The Labute approximate surface area is 119 Å². The van der Waals surface area contributed by atoms with Crippen LogP contribution in [0, 0.1) is 12.3 Å². The van der Waals surface area contributed by atoms with Crippen LogP contribution in [0.25, 0.3) is 0 Å². The van der Waals surface area contributed by atoms with E-state index in [0.717, 1.165) is 5.56 Å². The van der Waals surface area contributed by atoms with Gasteiger partial charge in [-0.15, -0.1) is 6.42 Å². The normalized spacial score (nSPS) is 11.3. The van der Waals surface area contributed by atoms with Gasteiger partial charge in [-0.3, -0.25) is 10.1 Å². The molecule has 1 aromatic rings. The van der Waals surface area contributed by atoms with Gasteiger partial charge in [0.15, 0.2) is 0 Å². The summed E-state index contributed by atoms with van der Waals surface area (Å²) < 4.78 is 10.5. The quantitative estimate of drug-likeness (QED) is 0.578. The Morgan fingerprint density at radius 1 is 1.40 bits per heavy atom. The van der Waals surface area contributed by atoms with E-state index in [9.17, 15) is 4.79 Å². The molecule has 0 radical (unpaired) electrons. The second-order valence-corrected chi connectivity index (χ2v) is 4.20. The van der Waals surface area contributed by atoms with Crippen molar-refractivity contribution in [2.24, 2.45) is 0 Å². The van der Waals surface area contributed by atoms with Crippen LogP contribution >= 0.6 is 0 Å². The lowest BCUT2D eigenvalue weighted by atomic mass is 10.1. The number of hydrogen-bond donors (Lipinski definition) is 2. The first-order chi connectivity index (χ1) is 9.62. The third kappa shape index (κ3) is 4.48. The number of ether oxygens (including phenoxy) is 2. The zero-order valence-corrected chi connectivity index (χ0v) is 12.0. The molecule has 0 heterocycles. The van der Waals surface area contributed by atoms with Crippen molar-refractivity contribution in [3.8, 4) is 23.8 Å². The Morgan fingerprint density at radius 3 is 2.75 bits per heavy atom. The molecule has 2 N–H and O–H groups in total. The second-order valence-electron chi connectivity index (χ2n) is 4.20. The van der Waals surface area contributed by atoms with Gasteiger partial charge in [0.2, 0.25) is 5.91 Å². The van der Waals surface area contributed by atoms with Crippen LogP contribution in [-0.4, -0.2) is 33.2 Å². The number of nitrogens with one attached hydrogen (secondary N) is 2. The fourth-order valence-corrected chi connectivity index (χ4v) is 1.79. The minimum Gasteiger partial charge on any atom is -0.497 e. The molecule has 0 saturated heterocycles. The van der Waals surface area contributed by atoms with E-state index in [1.54, 1.807) is 20.3 Å². The van der Waals surface area contributed by atoms with E-state index < -0.39 is 0 Å². The summed E-state index contributed by atoms with van der Waals surface area (Å²) in [5.74, 6) is 3.68. The van der Waals surface area contributed by atoms with E-state index in [1.165, 1.54) is 0 Å². The third-order valence-corrected chi connectivity index (χ3v) is 2.80. The molecule has 1 unspecified atom stereocenters. The Kier molecular flexibility index (Phi) is 6.41. The van der Waals surface area contributed by atoms with Gasteiger partial charge in [0.05, 0.1) is 33.4 Å². The summed E-state index contributed by atoms with van der Waals surface area (Å²) in [6.45, 7) is 2.45. The van der Waals surface area contributed by atoms with Crippen LogP contribution in [0.3, 0.4) is 0 Å². The number of benzene rings is 1. The van der Waals surface area contributed by atoms with Crippen LogP contribution in [0.5, 0.6) is 11.5 Å². The van der Waals surface area contributed by atoms with Crippen LogP contribution in [0.4, 0.5) is 0 Å². The predicted octanol–water partition coefficient (Wildman–Crippen LogP) is 1.10. The average Bonchev–Trinajstić information content (AvgIpc) is 2.46. The molecule has 1 atom stereocenters. The monoisotopic (exact) mass is 276 g/mol. The van der Waals surface area contributed by atoms with Crippen LogP contribution in [0.2, 0.25) is 0 Å². The summed E-state index contributed by atoms with van der Waals surface area (Å²) in [5, 5.41) is 5.72. The topological polar surface area (TPSA) is 59.6 Å². The van der Waals surface area contributed by atoms with E-state index >= 15 is 0 Å². The van der Waals surface area contributed by atoms with Crippen molar-refractivity contribution in [2.75, 3.05) is 27.3 Å². The first-order valence-electron chi connectivity index (χ1n) is 6.27. The van der Waals surface area contributed by atoms with Gasteiger partial charge in [0, 0.05) is 11.6 Å². The molecule has 0 bridgehead atoms. The first kappa shape index (κ1) is 15.9. The summed E-state index contributed by atoms with van der Waals surface area (Å²) >= 11 is 0. The Balaban J connectivity index is 2.69. The minimum atomic E-state index is -0.170. The molecule has 0 aromatic heterocycles. The molecule has 5 nitrogen and oxygen atoms in total. The highest BCUT2D eigenvalue weighted by atomic mass is 16.5. The van der Waals surface area contributed by atoms with Gasteiger partial charge < -0.3 is 14.8 Å². The standard InChI is InChI=1S/C15H20N2O3/c1-5-8-16-10-15(18)17-11(2)13-7-6-12(19-3)9-14(13)20-4/h1,6-7,9,11,16H,8,10H2,2-4H3,(H,17,18). The number of methoxy groups -OCH3 is 2. The maximum Gasteiger partial charge on any atom is 0.234 e. The first-order valence-corrected chi connectivity index (χ1v) is 6.27. The summed E-state index contributed by atoms with van der Waals surface area (Å²) in [6, 6.07) is 5.32. The molecule has 20 heavy (non-hydrogen) atoms. The number of rotatable bonds is 7. The minimum absolute atomic E-state index is 0.120. The maximum atomic E-state index is 11.7. The largest absolute Gasteiger partial charge is 0.497 e. The Bertz CT molecular complexity index is 494. The van der Waals surface area contributed by atoms with E-state index in [4.69, 9.17) is 15.9 Å². The molecular formula is C15H20N2O3. The number of amides is 1. The van der Waals surface area contributed by atoms with E-state index in [2.05, 4.69) is 16.6 Å². The van der Waals surface area contributed by atoms with Gasteiger partial charge in [-0.25, -0.2) is 0 Å². The molecular weight excluding hydrogens is 256 g/mol. The number of carbonyl (C=O) groups excluding carboxylic acids is 1. The second kappa shape index (κ2) is 8.08. The number of carbonyl (C=O) groups is 1. The van der Waals surface area contributed by atoms with Gasteiger partial charge in [-0.1, -0.05) is 5.92 Å². The smallest absolute Gasteiger partial charge is 0.234 e. The van der Waals surface area contributed by atoms with Gasteiger partial charge in [0.25, 0.3) is 0 Å². The Morgan fingerprint density at radius 2 is 2.15 bits per heavy atom. The zero-order chi connectivity index (χ0) is 15.0. The van der Waals surface area contributed by atoms with Crippen molar-refractivity contribution < 1.29 is 14.3 Å². The molecule has 1 aromatic carbocycles. The molecule has 0 fully saturated rings. The van der Waals surface area contributed by atoms with Gasteiger partial charge in [-0.2, -0.15) is 0 Å². The molecule has 1 rings (SSSR count). The van der Waals surface area contributed by atoms with Crippen LogP contribution in [0.15, 0.2) is 18.2 Å². The molecule has 0 spiro atoms. The van der Waals surface area contributed by atoms with Gasteiger partial charge >= 0.3 is 0 Å². The van der Waals surface area contributed by atoms with Crippen molar-refractivity contribution in [2.45, 2.75) is 13.0 Å². The van der Waals surface area contributed by atoms with E-state index in [-0.39, 0.29) is 18.5 Å². The molecule has 5 heteroatoms. The predicted molar refractivity (Wildman–Crippen MR) is 77.8 cm³/mol. The summed E-state index contributed by atoms with van der Waals surface area (Å²) in [5.41, 5.74) is 0.888. The van der Waals surface area contributed by atoms with Crippen molar-refractivity contribution >= 4 is 5.91 Å². The molecule has 0 aliphatic heterocycles. The number of terminal acetylenes is 1. The molecule has 0 aliphatic rings. The average molecular weight is 276 g/mol. The SMILES string of the molecule is C#CCNCC(=O)NC(C)c1ccc(OC)cc1OC. The summed E-state index contributed by atoms with van der Waals surface area (Å²) in [4.78, 5) is 11.7. The highest BCUT2D eigenvalue weighted by Gasteiger charge is 2.14. The lowest BCUT2D eigenvalue weighted by Gasteiger charge is -2.18. The summed E-state index contributed by atoms with van der Waals surface area (Å²) in [6.07, 6.45) is 5.10. The Hall–Kier alpha value is -2.19. The molecule has 1 amide bonds. The fraction of sp³-hybridized carbons (Fsp3) is 0.400. The van der Waals surface area contributed by atoms with Crippen molar-refractivity contribution in [1.82, 2.24) is 10.6 Å².